The second kappa shape index (κ2) is 12.0. The molecule has 1 saturated carbocycles. The van der Waals surface area contributed by atoms with Crippen LogP contribution in [-0.2, 0) is 23.9 Å². The van der Waals surface area contributed by atoms with Crippen molar-refractivity contribution in [3.05, 3.63) is 0 Å². The average Bonchev–Trinajstić information content (AvgIpc) is 3.49. The molecule has 2 rings (SSSR count). The zero-order valence-electron chi connectivity index (χ0n) is 21.8. The standard InChI is InChI=1S/C23H32F6N4O6/c1-21(2,24)16(32-20(38)39-4)19(37)33-10-11(23(27,28)29)9-14(33)17(35)31-13(7-8-22(3,25)26)15(34)18(36)30-12-5-6-12/h11-14,16H,5-10H2,1-4H3,(H,30,36)(H,31,35)(H,32,38)/t11-,13+,14+,16-/m1/s1. The van der Waals surface area contributed by atoms with Crippen molar-refractivity contribution in [1.29, 1.82) is 0 Å². The summed E-state index contributed by atoms with van der Waals surface area (Å²) in [5.74, 6) is -10.7. The molecule has 3 N–H and O–H groups in total. The molecule has 1 aliphatic heterocycles. The number of likely N-dealkylation sites (tertiary alicyclic amines) is 1. The lowest BCUT2D eigenvalue weighted by atomic mass is 9.98. The summed E-state index contributed by atoms with van der Waals surface area (Å²) in [6.45, 7) is 1.20. The van der Waals surface area contributed by atoms with E-state index in [2.05, 4.69) is 10.1 Å². The maximum absolute atomic E-state index is 14.8. The Morgan fingerprint density at radius 1 is 0.974 bits per heavy atom. The van der Waals surface area contributed by atoms with Crippen molar-refractivity contribution in [2.24, 2.45) is 5.92 Å². The van der Waals surface area contributed by atoms with E-state index >= 15 is 0 Å². The lowest BCUT2D eigenvalue weighted by Gasteiger charge is -2.33. The molecule has 39 heavy (non-hydrogen) atoms. The van der Waals surface area contributed by atoms with Gasteiger partial charge in [-0.2, -0.15) is 13.2 Å². The topological polar surface area (TPSA) is 134 Å². The summed E-state index contributed by atoms with van der Waals surface area (Å²) in [6, 6.07) is -6.10. The van der Waals surface area contributed by atoms with Crippen molar-refractivity contribution >= 4 is 29.6 Å². The van der Waals surface area contributed by atoms with Gasteiger partial charge in [0.2, 0.25) is 23.5 Å². The molecule has 0 unspecified atom stereocenters. The highest BCUT2D eigenvalue weighted by Crippen LogP contribution is 2.38. The molecule has 1 saturated heterocycles. The third kappa shape index (κ3) is 9.27. The van der Waals surface area contributed by atoms with E-state index in [1.54, 1.807) is 0 Å². The third-order valence-electron chi connectivity index (χ3n) is 6.37. The second-order valence-corrected chi connectivity index (χ2v) is 10.4. The highest BCUT2D eigenvalue weighted by atomic mass is 19.4. The van der Waals surface area contributed by atoms with Gasteiger partial charge in [-0.05, 0) is 46.5 Å². The van der Waals surface area contributed by atoms with Crippen LogP contribution in [0.5, 0.6) is 0 Å². The quantitative estimate of drug-likeness (QED) is 0.255. The molecule has 4 atom stereocenters. The average molecular weight is 575 g/mol. The fourth-order valence-electron chi connectivity index (χ4n) is 4.01. The van der Waals surface area contributed by atoms with Gasteiger partial charge in [-0.3, -0.25) is 19.2 Å². The van der Waals surface area contributed by atoms with Crippen molar-refractivity contribution in [3.8, 4) is 0 Å². The summed E-state index contributed by atoms with van der Waals surface area (Å²) in [7, 11) is 0.907. The van der Waals surface area contributed by atoms with Gasteiger partial charge >= 0.3 is 12.3 Å². The highest BCUT2D eigenvalue weighted by Gasteiger charge is 2.53. The number of halogens is 6. The number of alkyl carbamates (subject to hydrolysis) is 1. The predicted molar refractivity (Wildman–Crippen MR) is 122 cm³/mol. The van der Waals surface area contributed by atoms with E-state index in [9.17, 15) is 50.3 Å². The van der Waals surface area contributed by atoms with E-state index in [-0.39, 0.29) is 6.04 Å². The third-order valence-corrected chi connectivity index (χ3v) is 6.37. The second-order valence-electron chi connectivity index (χ2n) is 10.4. The Morgan fingerprint density at radius 3 is 2.03 bits per heavy atom. The van der Waals surface area contributed by atoms with Gasteiger partial charge in [-0.15, -0.1) is 0 Å². The molecule has 222 valence electrons. The number of hydrogen-bond donors (Lipinski definition) is 3. The number of nitrogens with zero attached hydrogens (tertiary/aromatic N) is 1. The van der Waals surface area contributed by atoms with Gasteiger partial charge in [0.05, 0.1) is 19.1 Å². The number of Topliss-reactive ketones (excluding diaryl/α,β-unsaturated/α-hetero) is 1. The number of ether oxygens (including phenoxy) is 1. The molecule has 0 aromatic heterocycles. The number of hydrogen-bond acceptors (Lipinski definition) is 6. The van der Waals surface area contributed by atoms with Crippen molar-refractivity contribution in [2.45, 2.75) is 94.8 Å². The van der Waals surface area contributed by atoms with E-state index in [0.29, 0.717) is 24.7 Å². The van der Waals surface area contributed by atoms with Gasteiger partial charge in [0.15, 0.2) is 0 Å². The van der Waals surface area contributed by atoms with Crippen molar-refractivity contribution in [2.75, 3.05) is 13.7 Å². The lowest BCUT2D eigenvalue weighted by Crippen LogP contribution is -2.60. The lowest BCUT2D eigenvalue weighted by molar-refractivity contribution is -0.171. The van der Waals surface area contributed by atoms with E-state index < -0.39 is 97.2 Å². The van der Waals surface area contributed by atoms with Gasteiger partial charge in [0, 0.05) is 19.0 Å². The molecule has 0 spiro atoms. The largest absolute Gasteiger partial charge is 0.453 e. The predicted octanol–water partition coefficient (Wildman–Crippen LogP) is 2.01. The van der Waals surface area contributed by atoms with Crippen LogP contribution in [0.2, 0.25) is 0 Å². The van der Waals surface area contributed by atoms with Crippen LogP contribution in [-0.4, -0.2) is 90.1 Å². The minimum atomic E-state index is -4.88. The Labute approximate surface area is 220 Å². The number of nitrogens with one attached hydrogen (secondary N) is 3. The summed E-state index contributed by atoms with van der Waals surface area (Å²) < 4.78 is 87.0. The maximum Gasteiger partial charge on any atom is 0.407 e. The molecule has 1 heterocycles. The van der Waals surface area contributed by atoms with Crippen LogP contribution in [0.1, 0.15) is 52.9 Å². The molecule has 0 aromatic carbocycles. The van der Waals surface area contributed by atoms with E-state index in [1.807, 2.05) is 10.6 Å². The Bertz CT molecular complexity index is 960. The zero-order chi connectivity index (χ0) is 29.9. The SMILES string of the molecule is COC(=O)N[C@H](C(=O)N1C[C@H](C(F)(F)F)C[C@H]1C(=O)N[C@@H](CCC(C)(F)F)C(=O)C(=O)NC1CC1)C(C)(C)F. The fraction of sp³-hybridized carbons (Fsp3) is 0.783. The first kappa shape index (κ1) is 32.1. The first-order valence-electron chi connectivity index (χ1n) is 12.2. The van der Waals surface area contributed by atoms with Crippen LogP contribution >= 0.6 is 0 Å². The van der Waals surface area contributed by atoms with Crippen LogP contribution in [0.3, 0.4) is 0 Å². The van der Waals surface area contributed by atoms with Crippen molar-refractivity contribution in [1.82, 2.24) is 20.9 Å². The number of methoxy groups -OCH3 is 1. The molecule has 0 bridgehead atoms. The van der Waals surface area contributed by atoms with Gasteiger partial charge in [0.1, 0.15) is 17.8 Å². The summed E-state index contributed by atoms with van der Waals surface area (Å²) in [4.78, 5) is 63.3. The number of amides is 4. The molecular formula is C23H32F6N4O6. The maximum atomic E-state index is 14.8. The van der Waals surface area contributed by atoms with Gasteiger partial charge in [-0.25, -0.2) is 18.0 Å². The van der Waals surface area contributed by atoms with Crippen LogP contribution in [0.25, 0.3) is 0 Å². The molecule has 0 aromatic rings. The number of carbonyl (C=O) groups excluding carboxylic acids is 5. The van der Waals surface area contributed by atoms with Crippen LogP contribution < -0.4 is 16.0 Å². The Balaban J connectivity index is 2.34. The molecule has 1 aliphatic carbocycles. The Hall–Kier alpha value is -3.07. The monoisotopic (exact) mass is 574 g/mol. The summed E-state index contributed by atoms with van der Waals surface area (Å²) in [5, 5.41) is 6.29. The normalized spacial score (nSPS) is 21.5. The van der Waals surface area contributed by atoms with Crippen LogP contribution in [0.15, 0.2) is 0 Å². The van der Waals surface area contributed by atoms with Gasteiger partial charge in [0.25, 0.3) is 5.91 Å². The van der Waals surface area contributed by atoms with Crippen LogP contribution in [0.4, 0.5) is 31.1 Å². The van der Waals surface area contributed by atoms with E-state index in [4.69, 9.17) is 0 Å². The summed E-state index contributed by atoms with van der Waals surface area (Å²) in [5.41, 5.74) is -2.52. The van der Waals surface area contributed by atoms with Crippen LogP contribution in [0, 0.1) is 5.92 Å². The van der Waals surface area contributed by atoms with Gasteiger partial charge < -0.3 is 25.6 Å². The number of ketones is 1. The minimum Gasteiger partial charge on any atom is -0.453 e. The van der Waals surface area contributed by atoms with Gasteiger partial charge in [-0.1, -0.05) is 0 Å². The number of rotatable bonds is 11. The van der Waals surface area contributed by atoms with Crippen molar-refractivity contribution < 1.29 is 55.1 Å². The molecular weight excluding hydrogens is 542 g/mol. The first-order valence-corrected chi connectivity index (χ1v) is 12.2. The highest BCUT2D eigenvalue weighted by molar-refractivity contribution is 6.38. The molecule has 2 fully saturated rings. The molecule has 10 nitrogen and oxygen atoms in total. The first-order chi connectivity index (χ1) is 17.7. The molecule has 0 radical (unpaired) electrons. The molecule has 2 aliphatic rings. The Kier molecular flexibility index (Phi) is 9.88. The van der Waals surface area contributed by atoms with E-state index in [0.717, 1.165) is 21.0 Å². The van der Waals surface area contributed by atoms with Crippen molar-refractivity contribution in [3.63, 3.8) is 0 Å². The Morgan fingerprint density at radius 2 is 1.56 bits per heavy atom. The number of carbonyl (C=O) groups is 5. The molecule has 16 heteroatoms. The summed E-state index contributed by atoms with van der Waals surface area (Å²) in [6.07, 6.45) is -7.62. The summed E-state index contributed by atoms with van der Waals surface area (Å²) >= 11 is 0. The number of alkyl halides is 6. The molecule has 4 amide bonds. The zero-order valence-corrected chi connectivity index (χ0v) is 21.8. The smallest absolute Gasteiger partial charge is 0.407 e. The minimum absolute atomic E-state index is 0.288. The van der Waals surface area contributed by atoms with E-state index in [1.165, 1.54) is 0 Å². The fourth-order valence-corrected chi connectivity index (χ4v) is 4.01.